The average molecular weight is 275 g/mol. The maximum atomic E-state index is 13.6. The Morgan fingerprint density at radius 1 is 1.20 bits per heavy atom. The molecule has 0 spiro atoms. The van der Waals surface area contributed by atoms with Gasteiger partial charge in [0.1, 0.15) is 5.82 Å². The van der Waals surface area contributed by atoms with Crippen molar-refractivity contribution in [3.63, 3.8) is 0 Å². The molecule has 2 aromatic rings. The summed E-state index contributed by atoms with van der Waals surface area (Å²) >= 11 is 0. The Morgan fingerprint density at radius 3 is 2.35 bits per heavy atom. The molecule has 0 aliphatic carbocycles. The summed E-state index contributed by atoms with van der Waals surface area (Å²) in [5.74, 6) is -1.11. The number of rotatable bonds is 3. The van der Waals surface area contributed by atoms with Crippen molar-refractivity contribution in [3.05, 3.63) is 47.0 Å². The lowest BCUT2D eigenvalue weighted by Crippen LogP contribution is -2.16. The number of carbonyl (C=O) groups is 1. The van der Waals surface area contributed by atoms with Gasteiger partial charge < -0.3 is 10.1 Å². The van der Waals surface area contributed by atoms with Crippen LogP contribution >= 0.6 is 0 Å². The summed E-state index contributed by atoms with van der Waals surface area (Å²) in [6.07, 6.45) is 0. The average Bonchev–Trinajstić information content (AvgIpc) is 2.42. The summed E-state index contributed by atoms with van der Waals surface area (Å²) in [5.41, 5.74) is 1.54. The first kappa shape index (κ1) is 13.9. The molecule has 0 bridgehead atoms. The van der Waals surface area contributed by atoms with Gasteiger partial charge in [0.05, 0.1) is 29.7 Å². The molecule has 1 aromatic carbocycles. The molecular weight excluding hydrogens is 261 g/mol. The molecule has 1 aromatic heterocycles. The van der Waals surface area contributed by atoms with Gasteiger partial charge >= 0.3 is 6.01 Å². The van der Waals surface area contributed by atoms with E-state index in [1.54, 1.807) is 19.9 Å². The lowest BCUT2D eigenvalue weighted by atomic mass is 10.2. The predicted octanol–water partition coefficient (Wildman–Crippen LogP) is 2.49. The molecule has 0 saturated carbocycles. The highest BCUT2D eigenvalue weighted by molar-refractivity contribution is 6.05. The van der Waals surface area contributed by atoms with Gasteiger partial charge in [-0.3, -0.25) is 4.79 Å². The molecule has 104 valence electrons. The number of carbonyl (C=O) groups excluding carboxylic acids is 1. The van der Waals surface area contributed by atoms with E-state index in [9.17, 15) is 9.18 Å². The molecule has 5 nitrogen and oxygen atoms in total. The summed E-state index contributed by atoms with van der Waals surface area (Å²) < 4.78 is 18.5. The molecule has 0 saturated heterocycles. The van der Waals surface area contributed by atoms with Crippen LogP contribution in [-0.2, 0) is 0 Å². The maximum Gasteiger partial charge on any atom is 0.316 e. The lowest BCUT2D eigenvalue weighted by molar-refractivity contribution is 0.102. The van der Waals surface area contributed by atoms with Gasteiger partial charge in [-0.25, -0.2) is 4.39 Å². The Balaban J connectivity index is 2.31. The fourth-order valence-corrected chi connectivity index (χ4v) is 1.78. The smallest absolute Gasteiger partial charge is 0.316 e. The van der Waals surface area contributed by atoms with E-state index >= 15 is 0 Å². The van der Waals surface area contributed by atoms with Crippen LogP contribution in [0.1, 0.15) is 21.7 Å². The van der Waals surface area contributed by atoms with Gasteiger partial charge in [0.2, 0.25) is 0 Å². The van der Waals surface area contributed by atoms with Crippen LogP contribution in [0.4, 0.5) is 10.1 Å². The second kappa shape index (κ2) is 5.64. The van der Waals surface area contributed by atoms with Crippen LogP contribution in [-0.4, -0.2) is 23.0 Å². The van der Waals surface area contributed by atoms with E-state index < -0.39 is 11.7 Å². The number of nitrogens with one attached hydrogen (secondary N) is 1. The first-order valence-corrected chi connectivity index (χ1v) is 5.98. The molecule has 1 amide bonds. The third kappa shape index (κ3) is 2.74. The fraction of sp³-hybridized carbons (Fsp3) is 0.214. The fourth-order valence-electron chi connectivity index (χ4n) is 1.78. The minimum absolute atomic E-state index is 0.0258. The quantitative estimate of drug-likeness (QED) is 0.934. The number of aromatic nitrogens is 2. The van der Waals surface area contributed by atoms with Crippen molar-refractivity contribution in [1.82, 2.24) is 9.97 Å². The van der Waals surface area contributed by atoms with Gasteiger partial charge in [-0.15, -0.1) is 0 Å². The molecule has 6 heteroatoms. The second-order valence-electron chi connectivity index (χ2n) is 4.19. The van der Waals surface area contributed by atoms with Crippen LogP contribution in [0.5, 0.6) is 6.01 Å². The molecule has 20 heavy (non-hydrogen) atoms. The van der Waals surface area contributed by atoms with Crippen molar-refractivity contribution in [3.8, 4) is 6.01 Å². The largest absolute Gasteiger partial charge is 0.467 e. The molecule has 2 rings (SSSR count). The van der Waals surface area contributed by atoms with Gasteiger partial charge in [0.25, 0.3) is 5.91 Å². The predicted molar refractivity (Wildman–Crippen MR) is 72.4 cm³/mol. The van der Waals surface area contributed by atoms with Crippen molar-refractivity contribution in [1.29, 1.82) is 0 Å². The molecule has 1 N–H and O–H groups in total. The van der Waals surface area contributed by atoms with Gasteiger partial charge in [-0.1, -0.05) is 12.1 Å². The third-order valence-electron chi connectivity index (χ3n) is 2.79. The topological polar surface area (TPSA) is 64.1 Å². The highest BCUT2D eigenvalue weighted by Gasteiger charge is 2.15. The number of ether oxygens (including phenoxy) is 1. The summed E-state index contributed by atoms with van der Waals surface area (Å²) in [6.45, 7) is 3.43. The molecular formula is C14H14FN3O2. The Labute approximate surface area is 115 Å². The van der Waals surface area contributed by atoms with Crippen molar-refractivity contribution >= 4 is 11.6 Å². The van der Waals surface area contributed by atoms with Crippen molar-refractivity contribution in [2.75, 3.05) is 12.4 Å². The van der Waals surface area contributed by atoms with E-state index in [2.05, 4.69) is 15.3 Å². The van der Waals surface area contributed by atoms with Crippen molar-refractivity contribution < 1.29 is 13.9 Å². The minimum atomic E-state index is -0.574. The third-order valence-corrected chi connectivity index (χ3v) is 2.79. The van der Waals surface area contributed by atoms with Crippen LogP contribution in [0.2, 0.25) is 0 Å². The second-order valence-corrected chi connectivity index (χ2v) is 4.19. The Bertz CT molecular complexity index is 636. The zero-order valence-corrected chi connectivity index (χ0v) is 11.4. The van der Waals surface area contributed by atoms with Crippen LogP contribution in [0.3, 0.4) is 0 Å². The zero-order chi connectivity index (χ0) is 14.7. The lowest BCUT2D eigenvalue weighted by Gasteiger charge is -2.11. The normalized spacial score (nSPS) is 10.2. The van der Waals surface area contributed by atoms with E-state index in [1.165, 1.54) is 25.3 Å². The first-order valence-electron chi connectivity index (χ1n) is 5.98. The SMILES string of the molecule is COc1nc(C)c(NC(=O)c2ccccc2F)c(C)n1. The van der Waals surface area contributed by atoms with Gasteiger partial charge in [-0.2, -0.15) is 9.97 Å². The molecule has 0 radical (unpaired) electrons. The number of methoxy groups -OCH3 is 1. The van der Waals surface area contributed by atoms with Gasteiger partial charge in [-0.05, 0) is 26.0 Å². The summed E-state index contributed by atoms with van der Waals surface area (Å²) in [7, 11) is 1.46. The summed E-state index contributed by atoms with van der Waals surface area (Å²) in [5, 5.41) is 2.63. The number of hydrogen-bond donors (Lipinski definition) is 1. The molecule has 0 aliphatic heterocycles. The van der Waals surface area contributed by atoms with Crippen molar-refractivity contribution in [2.45, 2.75) is 13.8 Å². The molecule has 0 aliphatic rings. The van der Waals surface area contributed by atoms with Crippen LogP contribution in [0.25, 0.3) is 0 Å². The molecule has 0 atom stereocenters. The monoisotopic (exact) mass is 275 g/mol. The van der Waals surface area contributed by atoms with Crippen LogP contribution in [0.15, 0.2) is 24.3 Å². The summed E-state index contributed by atoms with van der Waals surface area (Å²) in [6, 6.07) is 6.00. The summed E-state index contributed by atoms with van der Waals surface area (Å²) in [4.78, 5) is 20.2. The highest BCUT2D eigenvalue weighted by Crippen LogP contribution is 2.20. The zero-order valence-electron chi connectivity index (χ0n) is 11.4. The molecule has 0 fully saturated rings. The number of hydrogen-bond acceptors (Lipinski definition) is 4. The van der Waals surface area contributed by atoms with E-state index in [1.807, 2.05) is 0 Å². The molecule has 0 unspecified atom stereocenters. The van der Waals surface area contributed by atoms with Gasteiger partial charge in [0.15, 0.2) is 0 Å². The van der Waals surface area contributed by atoms with E-state index in [4.69, 9.17) is 4.74 Å². The van der Waals surface area contributed by atoms with E-state index in [0.717, 1.165) is 0 Å². The van der Waals surface area contributed by atoms with Gasteiger partial charge in [0, 0.05) is 0 Å². The van der Waals surface area contributed by atoms with Crippen molar-refractivity contribution in [2.24, 2.45) is 0 Å². The maximum absolute atomic E-state index is 13.6. The number of amides is 1. The number of aryl methyl sites for hydroxylation is 2. The number of nitrogens with zero attached hydrogens (tertiary/aromatic N) is 2. The van der Waals surface area contributed by atoms with E-state index in [0.29, 0.717) is 17.1 Å². The Hall–Kier alpha value is -2.50. The highest BCUT2D eigenvalue weighted by atomic mass is 19.1. The number of halogens is 1. The van der Waals surface area contributed by atoms with Crippen LogP contribution < -0.4 is 10.1 Å². The molecule has 1 heterocycles. The minimum Gasteiger partial charge on any atom is -0.467 e. The van der Waals surface area contributed by atoms with E-state index in [-0.39, 0.29) is 11.6 Å². The standard InChI is InChI=1S/C14H14FN3O2/c1-8-12(9(2)17-14(16-8)20-3)18-13(19)10-6-4-5-7-11(10)15/h4-7H,1-3H3,(H,18,19). The number of benzene rings is 1. The van der Waals surface area contributed by atoms with Crippen LogP contribution in [0, 0.1) is 19.7 Å². The number of anilines is 1. The first-order chi connectivity index (χ1) is 9.52. The Morgan fingerprint density at radius 2 is 1.80 bits per heavy atom. The Kier molecular flexibility index (Phi) is 3.93.